The number of benzene rings is 2. The molecule has 1 heterocycles. The third-order valence-corrected chi connectivity index (χ3v) is 4.07. The molecule has 2 nitrogen and oxygen atoms in total. The Morgan fingerprint density at radius 3 is 2.44 bits per heavy atom. The molecule has 3 rings (SSSR count). The van der Waals surface area contributed by atoms with E-state index in [1.54, 1.807) is 0 Å². The summed E-state index contributed by atoms with van der Waals surface area (Å²) in [7, 11) is 0. The molecule has 1 atom stereocenters. The van der Waals surface area contributed by atoms with E-state index in [1.165, 1.54) is 12.1 Å². The van der Waals surface area contributed by atoms with Gasteiger partial charge in [0.1, 0.15) is 0 Å². The third-order valence-electron chi connectivity index (χ3n) is 4.07. The average Bonchev–Trinajstić information content (AvgIpc) is 2.62. The molecule has 130 valence electrons. The largest absolute Gasteiger partial charge is 0.416 e. The van der Waals surface area contributed by atoms with Crippen molar-refractivity contribution in [3.63, 3.8) is 0 Å². The smallest absolute Gasteiger partial charge is 0.371 e. The van der Waals surface area contributed by atoms with Crippen LogP contribution in [0.1, 0.15) is 22.8 Å². The summed E-state index contributed by atoms with van der Waals surface area (Å²) >= 11 is 0. The van der Waals surface area contributed by atoms with Crippen molar-refractivity contribution >= 4 is 0 Å². The van der Waals surface area contributed by atoms with Crippen molar-refractivity contribution in [1.82, 2.24) is 4.90 Å². The standard InChI is InChI=1S/C20H18F3NO/c21-20(22,23)18-10-8-16(9-11-18)5-4-12-24-13-14-25-19(15-24)17-6-2-1-3-7-17/h1-3,6-11,19H,12-15H2/t19-/m0/s1. The molecule has 0 saturated carbocycles. The van der Waals surface area contributed by atoms with Crippen LogP contribution in [0.4, 0.5) is 13.2 Å². The van der Waals surface area contributed by atoms with Crippen molar-refractivity contribution in [3.8, 4) is 11.8 Å². The molecule has 0 unspecified atom stereocenters. The van der Waals surface area contributed by atoms with Gasteiger partial charge in [0.05, 0.1) is 24.8 Å². The lowest BCUT2D eigenvalue weighted by Gasteiger charge is -2.31. The van der Waals surface area contributed by atoms with Gasteiger partial charge in [-0.05, 0) is 29.8 Å². The highest BCUT2D eigenvalue weighted by Gasteiger charge is 2.29. The monoisotopic (exact) mass is 345 g/mol. The fraction of sp³-hybridized carbons (Fsp3) is 0.300. The second-order valence-corrected chi connectivity index (χ2v) is 5.88. The maximum atomic E-state index is 12.5. The van der Waals surface area contributed by atoms with Crippen LogP contribution in [0.3, 0.4) is 0 Å². The molecule has 0 aromatic heterocycles. The van der Waals surface area contributed by atoms with Crippen LogP contribution in [0, 0.1) is 11.8 Å². The van der Waals surface area contributed by atoms with Crippen molar-refractivity contribution < 1.29 is 17.9 Å². The Morgan fingerprint density at radius 2 is 1.76 bits per heavy atom. The second kappa shape index (κ2) is 7.73. The molecule has 2 aromatic carbocycles. The SMILES string of the molecule is FC(F)(F)c1ccc(C#CCN2CCO[C@H](c3ccccc3)C2)cc1. The normalized spacial score (nSPS) is 18.4. The lowest BCUT2D eigenvalue weighted by atomic mass is 10.1. The third kappa shape index (κ3) is 4.85. The van der Waals surface area contributed by atoms with Crippen molar-refractivity contribution in [2.75, 3.05) is 26.2 Å². The van der Waals surface area contributed by atoms with E-state index in [9.17, 15) is 13.2 Å². The second-order valence-electron chi connectivity index (χ2n) is 5.88. The first-order chi connectivity index (χ1) is 12.0. The van der Waals surface area contributed by atoms with E-state index in [2.05, 4.69) is 16.7 Å². The number of nitrogens with zero attached hydrogens (tertiary/aromatic N) is 1. The maximum absolute atomic E-state index is 12.5. The molecule has 1 aliphatic rings. The minimum atomic E-state index is -4.31. The fourth-order valence-corrected chi connectivity index (χ4v) is 2.71. The summed E-state index contributed by atoms with van der Waals surface area (Å²) in [6.07, 6.45) is -4.28. The number of ether oxygens (including phenoxy) is 1. The molecule has 0 bridgehead atoms. The van der Waals surface area contributed by atoms with Crippen LogP contribution in [0.5, 0.6) is 0 Å². The Labute approximate surface area is 145 Å². The minimum absolute atomic E-state index is 0.0304. The Balaban J connectivity index is 1.58. The van der Waals surface area contributed by atoms with Gasteiger partial charge in [0.15, 0.2) is 0 Å². The van der Waals surface area contributed by atoms with E-state index in [1.807, 2.05) is 30.3 Å². The lowest BCUT2D eigenvalue weighted by molar-refractivity contribution is -0.137. The van der Waals surface area contributed by atoms with E-state index in [-0.39, 0.29) is 6.10 Å². The van der Waals surface area contributed by atoms with E-state index < -0.39 is 11.7 Å². The predicted octanol–water partition coefficient (Wildman–Crippen LogP) is 4.13. The molecule has 0 spiro atoms. The van der Waals surface area contributed by atoms with Crippen LogP contribution in [-0.4, -0.2) is 31.1 Å². The summed E-state index contributed by atoms with van der Waals surface area (Å²) in [4.78, 5) is 2.19. The van der Waals surface area contributed by atoms with Gasteiger partial charge < -0.3 is 4.74 Å². The van der Waals surface area contributed by atoms with Gasteiger partial charge >= 0.3 is 6.18 Å². The van der Waals surface area contributed by atoms with E-state index >= 15 is 0 Å². The zero-order valence-electron chi connectivity index (χ0n) is 13.6. The Kier molecular flexibility index (Phi) is 5.42. The van der Waals surface area contributed by atoms with E-state index in [0.29, 0.717) is 18.7 Å². The summed E-state index contributed by atoms with van der Waals surface area (Å²) in [5, 5.41) is 0. The Bertz CT molecular complexity index is 744. The van der Waals surface area contributed by atoms with Crippen LogP contribution in [0.2, 0.25) is 0 Å². The molecular formula is C20H18F3NO. The highest BCUT2D eigenvalue weighted by atomic mass is 19.4. The molecule has 5 heteroatoms. The van der Waals surface area contributed by atoms with Gasteiger partial charge in [0, 0.05) is 18.7 Å². The highest BCUT2D eigenvalue weighted by Crippen LogP contribution is 2.29. The van der Waals surface area contributed by atoms with Gasteiger partial charge in [-0.3, -0.25) is 4.90 Å². The first-order valence-corrected chi connectivity index (χ1v) is 8.07. The van der Waals surface area contributed by atoms with Crippen LogP contribution >= 0.6 is 0 Å². The van der Waals surface area contributed by atoms with Crippen LogP contribution in [0.25, 0.3) is 0 Å². The number of hydrogen-bond acceptors (Lipinski definition) is 2. The number of rotatable bonds is 2. The van der Waals surface area contributed by atoms with Gasteiger partial charge in [0.2, 0.25) is 0 Å². The molecule has 1 aliphatic heterocycles. The summed E-state index contributed by atoms with van der Waals surface area (Å²) in [6, 6.07) is 15.0. The van der Waals surface area contributed by atoms with Crippen LogP contribution < -0.4 is 0 Å². The van der Waals surface area contributed by atoms with Gasteiger partial charge in [-0.15, -0.1) is 0 Å². The van der Waals surface area contributed by atoms with Gasteiger partial charge in [-0.2, -0.15) is 13.2 Å². The summed E-state index contributed by atoms with van der Waals surface area (Å²) in [6.45, 7) is 2.76. The van der Waals surface area contributed by atoms with E-state index in [4.69, 9.17) is 4.74 Å². The van der Waals surface area contributed by atoms with Crippen molar-refractivity contribution in [1.29, 1.82) is 0 Å². The summed E-state index contributed by atoms with van der Waals surface area (Å²) in [5.41, 5.74) is 1.07. The quantitative estimate of drug-likeness (QED) is 0.759. The summed E-state index contributed by atoms with van der Waals surface area (Å²) < 4.78 is 43.4. The van der Waals surface area contributed by atoms with Gasteiger partial charge in [-0.25, -0.2) is 0 Å². The fourth-order valence-electron chi connectivity index (χ4n) is 2.71. The van der Waals surface area contributed by atoms with Gasteiger partial charge in [0.25, 0.3) is 0 Å². The zero-order valence-corrected chi connectivity index (χ0v) is 13.6. The predicted molar refractivity (Wildman–Crippen MR) is 89.9 cm³/mol. The molecule has 1 fully saturated rings. The van der Waals surface area contributed by atoms with Crippen molar-refractivity contribution in [2.45, 2.75) is 12.3 Å². The molecule has 1 saturated heterocycles. The molecule has 0 N–H and O–H groups in total. The Morgan fingerprint density at radius 1 is 1.04 bits per heavy atom. The number of alkyl halides is 3. The molecule has 25 heavy (non-hydrogen) atoms. The molecule has 2 aromatic rings. The topological polar surface area (TPSA) is 12.5 Å². The number of morpholine rings is 1. The molecule has 0 amide bonds. The van der Waals surface area contributed by atoms with Crippen molar-refractivity contribution in [2.24, 2.45) is 0 Å². The van der Waals surface area contributed by atoms with Crippen molar-refractivity contribution in [3.05, 3.63) is 71.3 Å². The first-order valence-electron chi connectivity index (χ1n) is 8.07. The molecular weight excluding hydrogens is 327 g/mol. The van der Waals surface area contributed by atoms with E-state index in [0.717, 1.165) is 30.8 Å². The molecule has 0 radical (unpaired) electrons. The van der Waals surface area contributed by atoms with Gasteiger partial charge in [-0.1, -0.05) is 42.2 Å². The lowest BCUT2D eigenvalue weighted by Crippen LogP contribution is -2.38. The Hall–Kier alpha value is -2.29. The average molecular weight is 345 g/mol. The molecule has 0 aliphatic carbocycles. The summed E-state index contributed by atoms with van der Waals surface area (Å²) in [5.74, 6) is 5.97. The minimum Gasteiger partial charge on any atom is -0.371 e. The maximum Gasteiger partial charge on any atom is 0.416 e. The van der Waals surface area contributed by atoms with Crippen LogP contribution in [0.15, 0.2) is 54.6 Å². The van der Waals surface area contributed by atoms with Crippen LogP contribution in [-0.2, 0) is 10.9 Å². The number of hydrogen-bond donors (Lipinski definition) is 0. The zero-order chi connectivity index (χ0) is 17.7. The number of halogens is 3. The highest BCUT2D eigenvalue weighted by molar-refractivity contribution is 5.37. The first kappa shape index (κ1) is 17.5.